The van der Waals surface area contributed by atoms with E-state index in [1.807, 2.05) is 4.72 Å². The number of sulfonamides is 1. The van der Waals surface area contributed by atoms with Gasteiger partial charge in [0.15, 0.2) is 0 Å². The van der Waals surface area contributed by atoms with Crippen molar-refractivity contribution in [2.45, 2.75) is 4.90 Å². The average molecular weight is 436 g/mol. The van der Waals surface area contributed by atoms with Crippen LogP contribution in [-0.4, -0.2) is 14.3 Å². The number of hydrogen-bond donors (Lipinski definition) is 1. The van der Waals surface area contributed by atoms with E-state index in [0.717, 1.165) is 0 Å². The molecule has 1 aliphatic heterocycles. The fraction of sp³-hybridized carbons (Fsp3) is 0. The van der Waals surface area contributed by atoms with Crippen molar-refractivity contribution in [1.29, 1.82) is 0 Å². The number of rotatable bonds is 0. The molecule has 6 aromatic carbocycles. The normalized spacial score (nSPS) is 14.4. The van der Waals surface area contributed by atoms with E-state index >= 15 is 0 Å². The van der Waals surface area contributed by atoms with Gasteiger partial charge in [-0.25, -0.2) is 13.1 Å². The summed E-state index contributed by atoms with van der Waals surface area (Å²) in [4.78, 5) is 11.1. The van der Waals surface area contributed by atoms with Crippen molar-refractivity contribution in [2.24, 2.45) is 0 Å². The summed E-state index contributed by atoms with van der Waals surface area (Å²) in [6, 6.07) is 32.6. The van der Waals surface area contributed by atoms with E-state index in [4.69, 9.17) is 0 Å². The summed E-state index contributed by atoms with van der Waals surface area (Å²) in [5.41, 5.74) is 0.220. The maximum Gasteiger partial charge on any atom is 0.266 e. The smallest absolute Gasteiger partial charge is 0.266 e. The van der Waals surface area contributed by atoms with E-state index in [0.29, 0.717) is 0 Å². The molecule has 0 atom stereocenters. The zero-order chi connectivity index (χ0) is 21.9. The zero-order valence-corrected chi connectivity index (χ0v) is 17.7. The van der Waals surface area contributed by atoms with Crippen LogP contribution >= 0.6 is 0 Å². The van der Waals surface area contributed by atoms with Crippen molar-refractivity contribution < 1.29 is 13.2 Å². The summed E-state index contributed by atoms with van der Waals surface area (Å²) in [6.07, 6.45) is 0. The molecule has 1 amide bonds. The molecule has 154 valence electrons. The van der Waals surface area contributed by atoms with Gasteiger partial charge in [-0.3, -0.25) is 4.79 Å². The van der Waals surface area contributed by atoms with Crippen LogP contribution in [0.1, 0.15) is 10.4 Å². The Hall–Kier alpha value is -3.96. The molecule has 1 heterocycles. The number of fused-ring (bicyclic) bond motifs is 3. The molecule has 0 fully saturated rings. The maximum atomic E-state index is 11.1. The third-order valence-corrected chi connectivity index (χ3v) is 7.41. The van der Waals surface area contributed by atoms with Gasteiger partial charge in [-0.2, -0.15) is 0 Å². The number of carbonyl (C=O) groups is 1. The van der Waals surface area contributed by atoms with Gasteiger partial charge in [0.1, 0.15) is 4.90 Å². The molecule has 0 saturated heterocycles. The second-order valence-electron chi connectivity index (χ2n) is 7.88. The molecule has 0 bridgehead atoms. The summed E-state index contributed by atoms with van der Waals surface area (Å²) in [5, 5.41) is 10.8. The first-order valence-corrected chi connectivity index (χ1v) is 11.7. The van der Waals surface area contributed by atoms with E-state index in [1.54, 1.807) is 12.1 Å². The van der Waals surface area contributed by atoms with Gasteiger partial charge in [0.05, 0.1) is 5.56 Å². The first-order chi connectivity index (χ1) is 15.5. The second-order valence-corrected chi connectivity index (χ2v) is 9.54. The lowest BCUT2D eigenvalue weighted by molar-refractivity contribution is 0.0985. The molecule has 0 radical (unpaired) electrons. The molecule has 0 aromatic heterocycles. The quantitative estimate of drug-likeness (QED) is 0.240. The average Bonchev–Trinajstić information content (AvgIpc) is 3.06. The fourth-order valence-electron chi connectivity index (χ4n) is 4.61. The van der Waals surface area contributed by atoms with Crippen molar-refractivity contribution in [3.63, 3.8) is 0 Å². The Labute approximate surface area is 184 Å². The summed E-state index contributed by atoms with van der Waals surface area (Å²) in [6.45, 7) is 0. The third kappa shape index (κ3) is 2.75. The van der Waals surface area contributed by atoms with Crippen molar-refractivity contribution in [3.05, 3.63) is 103 Å². The van der Waals surface area contributed by atoms with Crippen LogP contribution in [0, 0.1) is 0 Å². The van der Waals surface area contributed by atoms with Crippen LogP contribution in [0.5, 0.6) is 0 Å². The molecule has 1 N–H and O–H groups in total. The molecule has 1 aliphatic rings. The van der Waals surface area contributed by atoms with Gasteiger partial charge in [0.2, 0.25) is 0 Å². The number of hydrogen-bond acceptors (Lipinski definition) is 3. The minimum atomic E-state index is -3.55. The largest absolute Gasteiger partial charge is 0.268 e. The molecule has 6 aromatic rings. The van der Waals surface area contributed by atoms with Gasteiger partial charge in [-0.1, -0.05) is 78.9 Å². The second kappa shape index (κ2) is 6.77. The number of amides is 1. The summed E-state index contributed by atoms with van der Waals surface area (Å²) < 4.78 is 24.2. The Bertz CT molecular complexity index is 1770. The Kier molecular flexibility index (Phi) is 3.97. The fourth-order valence-corrected chi connectivity index (χ4v) is 5.78. The monoisotopic (exact) mass is 435 g/mol. The van der Waals surface area contributed by atoms with Crippen LogP contribution in [0.3, 0.4) is 0 Å². The minimum absolute atomic E-state index is 0.0648. The number of carbonyl (C=O) groups excluding carboxylic acids is 1. The Morgan fingerprint density at radius 2 is 1.22 bits per heavy atom. The van der Waals surface area contributed by atoms with Gasteiger partial charge in [0, 0.05) is 0 Å². The van der Waals surface area contributed by atoms with Crippen LogP contribution in [-0.2, 0) is 10.0 Å². The van der Waals surface area contributed by atoms with Crippen LogP contribution < -0.4 is 4.72 Å². The van der Waals surface area contributed by atoms with Gasteiger partial charge in [-0.15, -0.1) is 0 Å². The summed E-state index contributed by atoms with van der Waals surface area (Å²) >= 11 is 0. The predicted octanol–water partition coefficient (Wildman–Crippen LogP) is 5.86. The lowest BCUT2D eigenvalue weighted by Gasteiger charge is -2.12. The van der Waals surface area contributed by atoms with E-state index in [1.165, 1.54) is 55.2 Å². The minimum Gasteiger partial charge on any atom is -0.268 e. The van der Waals surface area contributed by atoms with E-state index in [2.05, 4.69) is 72.8 Å². The molecule has 4 nitrogen and oxygen atoms in total. The highest BCUT2D eigenvalue weighted by molar-refractivity contribution is 7.90. The third-order valence-electron chi connectivity index (χ3n) is 6.02. The molecule has 7 rings (SSSR count). The van der Waals surface area contributed by atoms with Crippen LogP contribution in [0.4, 0.5) is 0 Å². The van der Waals surface area contributed by atoms with Gasteiger partial charge in [0.25, 0.3) is 15.9 Å². The Morgan fingerprint density at radius 3 is 2.03 bits per heavy atom. The van der Waals surface area contributed by atoms with Crippen LogP contribution in [0.15, 0.2) is 102 Å². The SMILES string of the molecule is O=C1NS(=O)(=O)c2ccccc21.c1ccc2c(c1)cc1ccc3cccc4ccc2c1c34. The van der Waals surface area contributed by atoms with Crippen molar-refractivity contribution >= 4 is 59.0 Å². The molecule has 32 heavy (non-hydrogen) atoms. The van der Waals surface area contributed by atoms with Gasteiger partial charge in [-0.05, 0) is 61.3 Å². The van der Waals surface area contributed by atoms with Crippen LogP contribution in [0.25, 0.3) is 43.1 Å². The van der Waals surface area contributed by atoms with E-state index in [-0.39, 0.29) is 10.5 Å². The lowest BCUT2D eigenvalue weighted by Crippen LogP contribution is -2.20. The summed E-state index contributed by atoms with van der Waals surface area (Å²) in [5.74, 6) is -0.550. The molecular formula is C27H17NO3S. The lowest BCUT2D eigenvalue weighted by atomic mass is 9.91. The van der Waals surface area contributed by atoms with E-state index in [9.17, 15) is 13.2 Å². The molecule has 0 spiro atoms. The predicted molar refractivity (Wildman–Crippen MR) is 129 cm³/mol. The molecular weight excluding hydrogens is 418 g/mol. The first-order valence-electron chi connectivity index (χ1n) is 10.2. The van der Waals surface area contributed by atoms with Crippen molar-refractivity contribution in [3.8, 4) is 0 Å². The highest BCUT2D eigenvalue weighted by Gasteiger charge is 2.31. The zero-order valence-electron chi connectivity index (χ0n) is 16.9. The van der Waals surface area contributed by atoms with Gasteiger partial charge >= 0.3 is 0 Å². The molecule has 0 unspecified atom stereocenters. The highest BCUT2D eigenvalue weighted by Crippen LogP contribution is 2.38. The van der Waals surface area contributed by atoms with E-state index < -0.39 is 15.9 Å². The number of nitrogens with one attached hydrogen (secondary N) is 1. The van der Waals surface area contributed by atoms with Gasteiger partial charge < -0.3 is 0 Å². The molecule has 0 saturated carbocycles. The highest BCUT2D eigenvalue weighted by atomic mass is 32.2. The standard InChI is InChI=1S/C20H12.C7H5NO3S/c1-2-7-17-15(4-1)12-16-9-8-13-5-3-6-14-10-11-18(17)20(16)19(13)14;9-7-5-3-1-2-4-6(5)12(10,11)8-7/h1-12H;1-4H,(H,8,9). The molecule has 0 aliphatic carbocycles. The maximum absolute atomic E-state index is 11.1. The van der Waals surface area contributed by atoms with Crippen LogP contribution in [0.2, 0.25) is 0 Å². The van der Waals surface area contributed by atoms with Crippen molar-refractivity contribution in [2.75, 3.05) is 0 Å². The molecule has 5 heteroatoms. The first kappa shape index (κ1) is 18.8. The Morgan fingerprint density at radius 1 is 0.562 bits per heavy atom. The Balaban J connectivity index is 0.000000140. The topological polar surface area (TPSA) is 63.2 Å². The van der Waals surface area contributed by atoms with Crippen molar-refractivity contribution in [1.82, 2.24) is 4.72 Å². The number of benzene rings is 6. The summed E-state index contributed by atoms with van der Waals surface area (Å²) in [7, 11) is -3.55.